The Kier molecular flexibility index (Phi) is 6.32. The molecule has 0 fully saturated rings. The van der Waals surface area contributed by atoms with E-state index in [0.717, 1.165) is 0 Å². The summed E-state index contributed by atoms with van der Waals surface area (Å²) < 4.78 is 10.5. The van der Waals surface area contributed by atoms with Crippen LogP contribution in [0.4, 0.5) is 0 Å². The van der Waals surface area contributed by atoms with Crippen molar-refractivity contribution in [3.63, 3.8) is 0 Å². The summed E-state index contributed by atoms with van der Waals surface area (Å²) in [4.78, 5) is 23.9. The summed E-state index contributed by atoms with van der Waals surface area (Å²) in [6.07, 6.45) is 0. The first kappa shape index (κ1) is 18.2. The highest BCUT2D eigenvalue weighted by Gasteiger charge is 2.10. The second kappa shape index (κ2) is 8.66. The van der Waals surface area contributed by atoms with E-state index in [1.165, 1.54) is 0 Å². The van der Waals surface area contributed by atoms with Crippen molar-refractivity contribution in [2.24, 2.45) is 0 Å². The molecule has 0 aliphatic carbocycles. The Labute approximate surface area is 151 Å². The van der Waals surface area contributed by atoms with Gasteiger partial charge in [0.2, 0.25) is 0 Å². The maximum Gasteiger partial charge on any atom is 0.343 e. The van der Waals surface area contributed by atoms with Crippen LogP contribution in [0, 0.1) is 0 Å². The number of carbonyl (C=O) groups is 2. The van der Waals surface area contributed by atoms with Gasteiger partial charge in [-0.3, -0.25) is 0 Å². The fraction of sp³-hybridized carbons (Fsp3) is 0. The normalized spacial score (nSPS) is 9.60. The molecular formula is C20H15ClO4. The van der Waals surface area contributed by atoms with E-state index in [1.54, 1.807) is 72.8 Å². The maximum absolute atomic E-state index is 12.0. The van der Waals surface area contributed by atoms with Crippen LogP contribution in [-0.4, -0.2) is 11.9 Å². The fourth-order valence-electron chi connectivity index (χ4n) is 2.06. The van der Waals surface area contributed by atoms with Crippen LogP contribution in [0.3, 0.4) is 0 Å². The summed E-state index contributed by atoms with van der Waals surface area (Å²) in [5.41, 5.74) is 0.939. The molecule has 3 aromatic carbocycles. The molecule has 25 heavy (non-hydrogen) atoms. The summed E-state index contributed by atoms with van der Waals surface area (Å²) in [7, 11) is 0. The molecule has 0 amide bonds. The van der Waals surface area contributed by atoms with E-state index >= 15 is 0 Å². The third-order valence-electron chi connectivity index (χ3n) is 3.26. The molecule has 0 N–H and O–H groups in total. The monoisotopic (exact) mass is 354 g/mol. The number of hydrogen-bond acceptors (Lipinski definition) is 4. The lowest BCUT2D eigenvalue weighted by molar-refractivity contribution is 0.0719. The van der Waals surface area contributed by atoms with Crippen molar-refractivity contribution in [2.45, 2.75) is 0 Å². The van der Waals surface area contributed by atoms with Crippen LogP contribution in [-0.2, 0) is 0 Å². The Morgan fingerprint density at radius 1 is 0.520 bits per heavy atom. The highest BCUT2D eigenvalue weighted by molar-refractivity contribution is 5.91. The Morgan fingerprint density at radius 2 is 0.840 bits per heavy atom. The van der Waals surface area contributed by atoms with Gasteiger partial charge in [-0.2, -0.15) is 0 Å². The standard InChI is InChI=1S/C20H14O4.ClH/c21-19(15-7-3-1-4-8-15)23-17-11-13-18(14-12-17)24-20(22)16-9-5-2-6-10-16;/h1-14H;1H. The van der Waals surface area contributed by atoms with Crippen LogP contribution >= 0.6 is 12.4 Å². The SMILES string of the molecule is Cl.O=C(Oc1ccc(OC(=O)c2ccccc2)cc1)c1ccccc1. The first-order valence-corrected chi connectivity index (χ1v) is 7.37. The van der Waals surface area contributed by atoms with Crippen molar-refractivity contribution in [2.75, 3.05) is 0 Å². The molecule has 0 aliphatic heterocycles. The summed E-state index contributed by atoms with van der Waals surface area (Å²) >= 11 is 0. The third kappa shape index (κ3) is 4.93. The van der Waals surface area contributed by atoms with Gasteiger partial charge in [0.15, 0.2) is 0 Å². The molecule has 0 unspecified atom stereocenters. The van der Waals surface area contributed by atoms with Gasteiger partial charge in [0, 0.05) is 0 Å². The third-order valence-corrected chi connectivity index (χ3v) is 3.26. The van der Waals surface area contributed by atoms with E-state index in [9.17, 15) is 9.59 Å². The van der Waals surface area contributed by atoms with Crippen LogP contribution in [0.2, 0.25) is 0 Å². The molecule has 3 aromatic rings. The van der Waals surface area contributed by atoms with E-state index in [-0.39, 0.29) is 12.4 Å². The van der Waals surface area contributed by atoms with Gasteiger partial charge in [0.05, 0.1) is 11.1 Å². The van der Waals surface area contributed by atoms with Gasteiger partial charge < -0.3 is 9.47 Å². The number of ether oxygens (including phenoxy) is 2. The highest BCUT2D eigenvalue weighted by Crippen LogP contribution is 2.19. The van der Waals surface area contributed by atoms with Gasteiger partial charge in [-0.15, -0.1) is 12.4 Å². The molecule has 5 heteroatoms. The lowest BCUT2D eigenvalue weighted by Crippen LogP contribution is -2.09. The van der Waals surface area contributed by atoms with E-state index in [4.69, 9.17) is 9.47 Å². The first-order valence-electron chi connectivity index (χ1n) is 7.37. The average Bonchev–Trinajstić information content (AvgIpc) is 2.65. The molecule has 4 nitrogen and oxygen atoms in total. The van der Waals surface area contributed by atoms with Gasteiger partial charge >= 0.3 is 11.9 Å². The van der Waals surface area contributed by atoms with Crippen molar-refractivity contribution in [1.29, 1.82) is 0 Å². The number of benzene rings is 3. The molecule has 0 spiro atoms. The topological polar surface area (TPSA) is 52.6 Å². The summed E-state index contributed by atoms with van der Waals surface area (Å²) in [5, 5.41) is 0. The minimum atomic E-state index is -0.440. The minimum absolute atomic E-state index is 0. The number of carbonyl (C=O) groups excluding carboxylic acids is 2. The zero-order chi connectivity index (χ0) is 16.8. The van der Waals surface area contributed by atoms with Gasteiger partial charge in [0.25, 0.3) is 0 Å². The molecular weight excluding hydrogens is 340 g/mol. The molecule has 0 heterocycles. The van der Waals surface area contributed by atoms with Gasteiger partial charge in [-0.05, 0) is 48.5 Å². The van der Waals surface area contributed by atoms with Gasteiger partial charge in [-0.1, -0.05) is 36.4 Å². The van der Waals surface area contributed by atoms with E-state index < -0.39 is 11.9 Å². The van der Waals surface area contributed by atoms with Crippen LogP contribution in [0.25, 0.3) is 0 Å². The van der Waals surface area contributed by atoms with Crippen molar-refractivity contribution in [3.05, 3.63) is 96.1 Å². The highest BCUT2D eigenvalue weighted by atomic mass is 35.5. The Hall–Kier alpha value is -3.11. The molecule has 0 bridgehead atoms. The molecule has 0 aromatic heterocycles. The number of hydrogen-bond donors (Lipinski definition) is 0. The minimum Gasteiger partial charge on any atom is -0.423 e. The molecule has 0 atom stereocenters. The van der Waals surface area contributed by atoms with Crippen molar-refractivity contribution in [1.82, 2.24) is 0 Å². The molecule has 3 rings (SSSR count). The quantitative estimate of drug-likeness (QED) is 0.509. The van der Waals surface area contributed by atoms with Crippen molar-refractivity contribution in [3.8, 4) is 11.5 Å². The summed E-state index contributed by atoms with van der Waals surface area (Å²) in [6.45, 7) is 0. The molecule has 0 saturated heterocycles. The molecule has 0 aliphatic rings. The molecule has 126 valence electrons. The smallest absolute Gasteiger partial charge is 0.343 e. The van der Waals surface area contributed by atoms with Gasteiger partial charge in [-0.25, -0.2) is 9.59 Å². The summed E-state index contributed by atoms with van der Waals surface area (Å²) in [6, 6.07) is 23.7. The molecule has 0 saturated carbocycles. The zero-order valence-electron chi connectivity index (χ0n) is 13.1. The molecule has 0 radical (unpaired) electrons. The first-order chi connectivity index (χ1) is 11.7. The Balaban J connectivity index is 0.00000225. The lowest BCUT2D eigenvalue weighted by Gasteiger charge is -2.07. The Bertz CT molecular complexity index is 758. The van der Waals surface area contributed by atoms with Crippen molar-refractivity contribution < 1.29 is 19.1 Å². The average molecular weight is 355 g/mol. The number of rotatable bonds is 4. The lowest BCUT2D eigenvalue weighted by atomic mass is 10.2. The number of halogens is 1. The second-order valence-electron chi connectivity index (χ2n) is 4.98. The predicted molar refractivity (Wildman–Crippen MR) is 96.5 cm³/mol. The fourth-order valence-corrected chi connectivity index (χ4v) is 2.06. The van der Waals surface area contributed by atoms with E-state index in [1.807, 2.05) is 12.1 Å². The van der Waals surface area contributed by atoms with Crippen molar-refractivity contribution >= 4 is 24.3 Å². The van der Waals surface area contributed by atoms with Crippen LogP contribution in [0.1, 0.15) is 20.7 Å². The van der Waals surface area contributed by atoms with Crippen LogP contribution in [0.5, 0.6) is 11.5 Å². The van der Waals surface area contributed by atoms with Crippen LogP contribution in [0.15, 0.2) is 84.9 Å². The zero-order valence-corrected chi connectivity index (χ0v) is 13.9. The summed E-state index contributed by atoms with van der Waals surface area (Å²) in [5.74, 6) is -0.124. The maximum atomic E-state index is 12.0. The number of esters is 2. The van der Waals surface area contributed by atoms with Gasteiger partial charge in [0.1, 0.15) is 11.5 Å². The largest absolute Gasteiger partial charge is 0.423 e. The van der Waals surface area contributed by atoms with Crippen LogP contribution < -0.4 is 9.47 Å². The van der Waals surface area contributed by atoms with E-state index in [2.05, 4.69) is 0 Å². The predicted octanol–water partition coefficient (Wildman–Crippen LogP) is 4.55. The second-order valence-corrected chi connectivity index (χ2v) is 4.98. The Morgan fingerprint density at radius 3 is 1.16 bits per heavy atom. The van der Waals surface area contributed by atoms with E-state index in [0.29, 0.717) is 22.6 Å².